The molecule has 0 atom stereocenters. The molecule has 1 aliphatic rings. The highest BCUT2D eigenvalue weighted by atomic mass is 16.6. The van der Waals surface area contributed by atoms with E-state index in [0.717, 1.165) is 5.69 Å². The molecular weight excluding hydrogens is 230 g/mol. The number of hydrogen-bond donors (Lipinski definition) is 0. The number of ether oxygens (including phenoxy) is 2. The lowest BCUT2D eigenvalue weighted by Gasteiger charge is -2.13. The number of benzene rings is 2. The van der Waals surface area contributed by atoms with E-state index in [9.17, 15) is 4.79 Å². The van der Waals surface area contributed by atoms with Crippen LogP contribution >= 0.6 is 0 Å². The van der Waals surface area contributed by atoms with Crippen molar-refractivity contribution in [3.8, 4) is 11.5 Å². The number of para-hydroxylation sites is 3. The Morgan fingerprint density at radius 2 is 1.78 bits per heavy atom. The Morgan fingerprint density at radius 1 is 1.06 bits per heavy atom. The second-order valence-corrected chi connectivity index (χ2v) is 3.85. The zero-order valence-electron chi connectivity index (χ0n) is 9.58. The lowest BCUT2D eigenvalue weighted by molar-refractivity contribution is 0.202. The largest absolute Gasteiger partial charge is 0.470 e. The molecule has 0 unspecified atom stereocenters. The quantitative estimate of drug-likeness (QED) is 0.770. The molecule has 4 heteroatoms. The third-order valence-electron chi connectivity index (χ3n) is 2.67. The summed E-state index contributed by atoms with van der Waals surface area (Å²) in [5.74, 6) is 1.22. The van der Waals surface area contributed by atoms with Gasteiger partial charge in [-0.25, -0.2) is 9.69 Å². The van der Waals surface area contributed by atoms with Crippen molar-refractivity contribution in [1.29, 1.82) is 0 Å². The van der Waals surface area contributed by atoms with Crippen LogP contribution < -0.4 is 14.4 Å². The highest BCUT2D eigenvalue weighted by molar-refractivity contribution is 5.92. The summed E-state index contributed by atoms with van der Waals surface area (Å²) in [6, 6.07) is 16.3. The van der Waals surface area contributed by atoms with Gasteiger partial charge >= 0.3 is 6.09 Å². The number of amides is 1. The summed E-state index contributed by atoms with van der Waals surface area (Å²) in [7, 11) is 0. The van der Waals surface area contributed by atoms with Crippen LogP contribution in [0.15, 0.2) is 54.6 Å². The van der Waals surface area contributed by atoms with Crippen molar-refractivity contribution in [2.45, 2.75) is 0 Å². The predicted octanol–water partition coefficient (Wildman–Crippen LogP) is 3.04. The van der Waals surface area contributed by atoms with Crippen LogP contribution in [-0.2, 0) is 0 Å². The second-order valence-electron chi connectivity index (χ2n) is 3.85. The van der Waals surface area contributed by atoms with E-state index in [1.54, 1.807) is 12.1 Å². The van der Waals surface area contributed by atoms with Crippen LogP contribution in [-0.4, -0.2) is 12.8 Å². The molecule has 1 aliphatic heterocycles. The molecule has 18 heavy (non-hydrogen) atoms. The van der Waals surface area contributed by atoms with Crippen molar-refractivity contribution in [1.82, 2.24) is 0 Å². The molecule has 2 aromatic rings. The first kappa shape index (κ1) is 10.7. The topological polar surface area (TPSA) is 38.8 Å². The predicted molar refractivity (Wildman–Crippen MR) is 66.9 cm³/mol. The lowest BCUT2D eigenvalue weighted by Crippen LogP contribution is -2.32. The maximum atomic E-state index is 12.0. The molecule has 0 saturated heterocycles. The van der Waals surface area contributed by atoms with Gasteiger partial charge < -0.3 is 9.47 Å². The van der Waals surface area contributed by atoms with E-state index in [0.29, 0.717) is 11.5 Å². The number of anilines is 1. The van der Waals surface area contributed by atoms with Gasteiger partial charge in [0.2, 0.25) is 0 Å². The maximum Gasteiger partial charge on any atom is 0.422 e. The fourth-order valence-corrected chi connectivity index (χ4v) is 1.80. The summed E-state index contributed by atoms with van der Waals surface area (Å²) in [4.78, 5) is 13.5. The number of nitrogens with zero attached hydrogens (tertiary/aromatic N) is 1. The molecule has 4 nitrogen and oxygen atoms in total. The van der Waals surface area contributed by atoms with E-state index in [1.807, 2.05) is 42.5 Å². The molecule has 0 radical (unpaired) electrons. The van der Waals surface area contributed by atoms with E-state index in [4.69, 9.17) is 9.47 Å². The van der Waals surface area contributed by atoms with Crippen molar-refractivity contribution in [3.05, 3.63) is 54.6 Å². The molecule has 3 rings (SSSR count). The van der Waals surface area contributed by atoms with Gasteiger partial charge in [0.1, 0.15) is 11.5 Å². The fourth-order valence-electron chi connectivity index (χ4n) is 1.80. The minimum Gasteiger partial charge on any atom is -0.470 e. The number of fused-ring (bicyclic) bond motifs is 1. The average Bonchev–Trinajstić information content (AvgIpc) is 2.84. The summed E-state index contributed by atoms with van der Waals surface area (Å²) in [5.41, 5.74) is 0.735. The summed E-state index contributed by atoms with van der Waals surface area (Å²) in [5, 5.41) is 0. The molecule has 1 amide bonds. The first-order valence-corrected chi connectivity index (χ1v) is 5.61. The third kappa shape index (κ3) is 1.88. The van der Waals surface area contributed by atoms with Crippen LogP contribution in [0.3, 0.4) is 0 Å². The minimum atomic E-state index is -0.439. The first-order chi connectivity index (χ1) is 8.84. The van der Waals surface area contributed by atoms with Crippen LogP contribution in [0.4, 0.5) is 10.5 Å². The van der Waals surface area contributed by atoms with E-state index < -0.39 is 6.09 Å². The van der Waals surface area contributed by atoms with Crippen LogP contribution in [0.2, 0.25) is 0 Å². The molecule has 0 N–H and O–H groups in total. The summed E-state index contributed by atoms with van der Waals surface area (Å²) in [6.45, 7) is 0.186. The van der Waals surface area contributed by atoms with Gasteiger partial charge in [-0.15, -0.1) is 0 Å². The molecule has 0 bridgehead atoms. The molecule has 0 saturated carbocycles. The van der Waals surface area contributed by atoms with Crippen molar-refractivity contribution in [3.63, 3.8) is 0 Å². The SMILES string of the molecule is O=C(Oc1ccccc1)N1COc2ccccc21. The summed E-state index contributed by atoms with van der Waals surface area (Å²) < 4.78 is 10.7. The smallest absolute Gasteiger partial charge is 0.422 e. The molecule has 0 fully saturated rings. The normalized spacial score (nSPS) is 12.8. The van der Waals surface area contributed by atoms with Crippen molar-refractivity contribution >= 4 is 11.8 Å². The number of rotatable bonds is 1. The zero-order valence-corrected chi connectivity index (χ0v) is 9.58. The second kappa shape index (κ2) is 4.41. The van der Waals surface area contributed by atoms with Crippen LogP contribution in [0.25, 0.3) is 0 Å². The van der Waals surface area contributed by atoms with E-state index in [1.165, 1.54) is 4.90 Å². The monoisotopic (exact) mass is 241 g/mol. The van der Waals surface area contributed by atoms with Gasteiger partial charge in [0.05, 0.1) is 5.69 Å². The molecule has 1 heterocycles. The first-order valence-electron chi connectivity index (χ1n) is 5.61. The summed E-state index contributed by atoms with van der Waals surface area (Å²) in [6.07, 6.45) is -0.439. The van der Waals surface area contributed by atoms with Gasteiger partial charge in [-0.3, -0.25) is 0 Å². The standard InChI is InChI=1S/C14H11NO3/c16-14(18-11-6-2-1-3-7-11)15-10-17-13-9-5-4-8-12(13)15/h1-9H,10H2. The minimum absolute atomic E-state index is 0.186. The molecule has 0 spiro atoms. The van der Waals surface area contributed by atoms with Crippen LogP contribution in [0.5, 0.6) is 11.5 Å². The van der Waals surface area contributed by atoms with Gasteiger partial charge in [0.25, 0.3) is 0 Å². The van der Waals surface area contributed by atoms with Gasteiger partial charge in [0, 0.05) is 0 Å². The Bertz CT molecular complexity index is 568. The maximum absolute atomic E-state index is 12.0. The third-order valence-corrected chi connectivity index (χ3v) is 2.67. The molecule has 2 aromatic carbocycles. The van der Waals surface area contributed by atoms with Gasteiger partial charge in [-0.2, -0.15) is 0 Å². The molecular formula is C14H11NO3. The molecule has 90 valence electrons. The van der Waals surface area contributed by atoms with Gasteiger partial charge in [-0.1, -0.05) is 30.3 Å². The van der Waals surface area contributed by atoms with E-state index >= 15 is 0 Å². The van der Waals surface area contributed by atoms with Crippen molar-refractivity contribution < 1.29 is 14.3 Å². The Kier molecular flexibility index (Phi) is 2.61. The van der Waals surface area contributed by atoms with Crippen molar-refractivity contribution in [2.24, 2.45) is 0 Å². The molecule has 0 aromatic heterocycles. The van der Waals surface area contributed by atoms with E-state index in [2.05, 4.69) is 0 Å². The zero-order chi connectivity index (χ0) is 12.4. The summed E-state index contributed by atoms with van der Waals surface area (Å²) >= 11 is 0. The van der Waals surface area contributed by atoms with E-state index in [-0.39, 0.29) is 6.73 Å². The Hall–Kier alpha value is -2.49. The lowest BCUT2D eigenvalue weighted by atomic mass is 10.3. The van der Waals surface area contributed by atoms with Crippen LogP contribution in [0, 0.1) is 0 Å². The Balaban J connectivity index is 1.79. The highest BCUT2D eigenvalue weighted by Gasteiger charge is 2.27. The Labute approximate surface area is 104 Å². The van der Waals surface area contributed by atoms with Crippen molar-refractivity contribution in [2.75, 3.05) is 11.6 Å². The number of carbonyl (C=O) groups is 1. The highest BCUT2D eigenvalue weighted by Crippen LogP contribution is 2.33. The fraction of sp³-hybridized carbons (Fsp3) is 0.0714. The van der Waals surface area contributed by atoms with Gasteiger partial charge in [0.15, 0.2) is 6.73 Å². The number of carbonyl (C=O) groups excluding carboxylic acids is 1. The van der Waals surface area contributed by atoms with Crippen LogP contribution in [0.1, 0.15) is 0 Å². The number of hydrogen-bond acceptors (Lipinski definition) is 3. The average molecular weight is 241 g/mol. The Morgan fingerprint density at radius 3 is 2.61 bits per heavy atom. The van der Waals surface area contributed by atoms with Gasteiger partial charge in [-0.05, 0) is 24.3 Å². The molecule has 0 aliphatic carbocycles.